The number of nitrogens with two attached hydrogens (primary N) is 1. The van der Waals surface area contributed by atoms with Crippen LogP contribution in [0.5, 0.6) is 0 Å². The Morgan fingerprint density at radius 1 is 1.55 bits per heavy atom. The summed E-state index contributed by atoms with van der Waals surface area (Å²) in [4.78, 5) is 12.5. The van der Waals surface area contributed by atoms with Crippen molar-refractivity contribution < 1.29 is 9.53 Å². The summed E-state index contributed by atoms with van der Waals surface area (Å²) < 4.78 is 6.55. The van der Waals surface area contributed by atoms with Gasteiger partial charge in [0.25, 0.3) is 0 Å². The molecule has 0 radical (unpaired) electrons. The maximum atomic E-state index is 12.5. The fourth-order valence-corrected chi connectivity index (χ4v) is 3.56. The summed E-state index contributed by atoms with van der Waals surface area (Å²) in [7, 11) is 0. The summed E-state index contributed by atoms with van der Waals surface area (Å²) in [5.74, 6) is -0.160. The Bertz CT molecular complexity index is 579. The molecule has 1 fully saturated rings. The third-order valence-corrected chi connectivity index (χ3v) is 5.53. The molecule has 1 aliphatic carbocycles. The molecule has 4 nitrogen and oxygen atoms in total. The van der Waals surface area contributed by atoms with E-state index >= 15 is 0 Å². The van der Waals surface area contributed by atoms with Crippen molar-refractivity contribution in [2.24, 2.45) is 11.1 Å². The first kappa shape index (κ1) is 17.7. The number of benzene rings is 1. The molecule has 0 aromatic heterocycles. The van der Waals surface area contributed by atoms with Gasteiger partial charge >= 0.3 is 0 Å². The minimum atomic E-state index is -0.908. The summed E-state index contributed by atoms with van der Waals surface area (Å²) in [5.41, 5.74) is 5.90. The first-order chi connectivity index (χ1) is 10.2. The molecule has 2 rings (SSSR count). The quantitative estimate of drug-likeness (QED) is 0.812. The van der Waals surface area contributed by atoms with Gasteiger partial charge in [0.2, 0.25) is 5.91 Å². The lowest BCUT2D eigenvalue weighted by Gasteiger charge is -2.57. The zero-order valence-corrected chi connectivity index (χ0v) is 15.4. The molecule has 22 heavy (non-hydrogen) atoms. The van der Waals surface area contributed by atoms with E-state index in [-0.39, 0.29) is 12.0 Å². The molecule has 122 valence electrons. The van der Waals surface area contributed by atoms with Gasteiger partial charge in [-0.05, 0) is 24.6 Å². The van der Waals surface area contributed by atoms with E-state index in [0.717, 1.165) is 10.0 Å². The maximum Gasteiger partial charge on any atom is 0.241 e. The van der Waals surface area contributed by atoms with Gasteiger partial charge in [-0.3, -0.25) is 4.79 Å². The first-order valence-corrected chi connectivity index (χ1v) is 8.52. The number of carbonyl (C=O) groups is 1. The normalized spacial score (nSPS) is 26.4. The zero-order chi connectivity index (χ0) is 16.5. The van der Waals surface area contributed by atoms with Crippen LogP contribution >= 0.6 is 27.5 Å². The van der Waals surface area contributed by atoms with E-state index in [9.17, 15) is 4.79 Å². The third kappa shape index (κ3) is 3.04. The molecule has 1 aliphatic rings. The first-order valence-electron chi connectivity index (χ1n) is 7.35. The smallest absolute Gasteiger partial charge is 0.241 e. The van der Waals surface area contributed by atoms with Gasteiger partial charge in [-0.15, -0.1) is 0 Å². The van der Waals surface area contributed by atoms with Crippen LogP contribution < -0.4 is 11.1 Å². The van der Waals surface area contributed by atoms with E-state index < -0.39 is 11.0 Å². The van der Waals surface area contributed by atoms with Crippen molar-refractivity contribution in [3.05, 3.63) is 33.3 Å². The van der Waals surface area contributed by atoms with Crippen LogP contribution in [0.1, 0.15) is 32.8 Å². The summed E-state index contributed by atoms with van der Waals surface area (Å²) in [5, 5.41) is 3.51. The SMILES string of the molecule is CCOC1CC(N)(C(=O)NCc2ccc(Br)cc2Cl)C1(C)C. The Morgan fingerprint density at radius 2 is 2.23 bits per heavy atom. The maximum absolute atomic E-state index is 12.5. The lowest BCUT2D eigenvalue weighted by atomic mass is 9.54. The van der Waals surface area contributed by atoms with Gasteiger partial charge in [0.1, 0.15) is 5.54 Å². The van der Waals surface area contributed by atoms with Crippen molar-refractivity contribution in [3.63, 3.8) is 0 Å². The van der Waals surface area contributed by atoms with E-state index in [1.165, 1.54) is 0 Å². The Balaban J connectivity index is 2.01. The van der Waals surface area contributed by atoms with Gasteiger partial charge in [0, 0.05) is 34.5 Å². The van der Waals surface area contributed by atoms with E-state index in [0.29, 0.717) is 24.6 Å². The second-order valence-electron chi connectivity index (χ2n) is 6.26. The molecule has 6 heteroatoms. The van der Waals surface area contributed by atoms with Crippen LogP contribution in [0.25, 0.3) is 0 Å². The van der Waals surface area contributed by atoms with Crippen LogP contribution in [0.4, 0.5) is 0 Å². The molecule has 2 unspecified atom stereocenters. The van der Waals surface area contributed by atoms with Gasteiger partial charge < -0.3 is 15.8 Å². The number of amides is 1. The molecule has 0 heterocycles. The van der Waals surface area contributed by atoms with Crippen LogP contribution in [0, 0.1) is 5.41 Å². The third-order valence-electron chi connectivity index (χ3n) is 4.69. The van der Waals surface area contributed by atoms with Gasteiger partial charge in [-0.25, -0.2) is 0 Å². The highest BCUT2D eigenvalue weighted by Crippen LogP contribution is 2.49. The molecule has 0 spiro atoms. The fraction of sp³-hybridized carbons (Fsp3) is 0.562. The predicted octanol–water partition coefficient (Wildman–Crippen LogP) is 3.25. The molecule has 2 atom stereocenters. The van der Waals surface area contributed by atoms with Crippen LogP contribution in [0.15, 0.2) is 22.7 Å². The van der Waals surface area contributed by atoms with Gasteiger partial charge in [0.15, 0.2) is 0 Å². The highest BCUT2D eigenvalue weighted by molar-refractivity contribution is 9.10. The average molecular weight is 390 g/mol. The molecule has 0 saturated heterocycles. The van der Waals surface area contributed by atoms with Gasteiger partial charge in [-0.2, -0.15) is 0 Å². The number of nitrogens with one attached hydrogen (secondary N) is 1. The van der Waals surface area contributed by atoms with E-state index in [4.69, 9.17) is 22.1 Å². The molecule has 0 bridgehead atoms. The van der Waals surface area contributed by atoms with Crippen LogP contribution in [0.2, 0.25) is 5.02 Å². The molecule has 1 aromatic rings. The summed E-state index contributed by atoms with van der Waals surface area (Å²) in [6, 6.07) is 5.58. The van der Waals surface area contributed by atoms with Crippen molar-refractivity contribution in [2.75, 3.05) is 6.61 Å². The number of carbonyl (C=O) groups excluding carboxylic acids is 1. The average Bonchev–Trinajstić information content (AvgIpc) is 2.45. The van der Waals surface area contributed by atoms with Crippen molar-refractivity contribution in [1.29, 1.82) is 0 Å². The van der Waals surface area contributed by atoms with Crippen molar-refractivity contribution in [1.82, 2.24) is 5.32 Å². The topological polar surface area (TPSA) is 64.3 Å². The predicted molar refractivity (Wildman–Crippen MR) is 91.7 cm³/mol. The summed E-state index contributed by atoms with van der Waals surface area (Å²) in [6.45, 7) is 6.88. The number of rotatable bonds is 5. The highest BCUT2D eigenvalue weighted by atomic mass is 79.9. The zero-order valence-electron chi connectivity index (χ0n) is 13.1. The summed E-state index contributed by atoms with van der Waals surface area (Å²) >= 11 is 9.52. The standard InChI is InChI=1S/C16H22BrClN2O2/c1-4-22-13-8-16(19,15(13,2)3)14(21)20-9-10-5-6-11(17)7-12(10)18/h5-7,13H,4,8-9,19H2,1-3H3,(H,20,21). The molecule has 1 amide bonds. The molecule has 3 N–H and O–H groups in total. The van der Waals surface area contributed by atoms with E-state index in [1.54, 1.807) is 6.07 Å². The largest absolute Gasteiger partial charge is 0.378 e. The molecule has 1 saturated carbocycles. The van der Waals surface area contributed by atoms with E-state index in [2.05, 4.69) is 21.2 Å². The minimum absolute atomic E-state index is 0.0181. The van der Waals surface area contributed by atoms with Crippen LogP contribution in [-0.2, 0) is 16.1 Å². The second kappa shape index (κ2) is 6.48. The lowest BCUT2D eigenvalue weighted by molar-refractivity contribution is -0.170. The van der Waals surface area contributed by atoms with Crippen molar-refractivity contribution >= 4 is 33.4 Å². The van der Waals surface area contributed by atoms with Gasteiger partial charge in [0.05, 0.1) is 6.10 Å². The number of ether oxygens (including phenoxy) is 1. The Hall–Kier alpha value is -0.620. The Kier molecular flexibility index (Phi) is 5.22. The van der Waals surface area contributed by atoms with Crippen molar-refractivity contribution in [3.8, 4) is 0 Å². The van der Waals surface area contributed by atoms with E-state index in [1.807, 2.05) is 32.9 Å². The molecule has 1 aromatic carbocycles. The number of halogens is 2. The van der Waals surface area contributed by atoms with Gasteiger partial charge in [-0.1, -0.05) is 47.4 Å². The molecule has 0 aliphatic heterocycles. The minimum Gasteiger partial charge on any atom is -0.378 e. The highest BCUT2D eigenvalue weighted by Gasteiger charge is 2.62. The monoisotopic (exact) mass is 388 g/mol. The fourth-order valence-electron chi connectivity index (χ4n) is 2.82. The molecular weight excluding hydrogens is 368 g/mol. The van der Waals surface area contributed by atoms with Crippen LogP contribution in [-0.4, -0.2) is 24.2 Å². The second-order valence-corrected chi connectivity index (χ2v) is 7.58. The van der Waals surface area contributed by atoms with Crippen molar-refractivity contribution in [2.45, 2.75) is 45.4 Å². The number of hydrogen-bond donors (Lipinski definition) is 2. The molecular formula is C16H22BrClN2O2. The Labute approximate surface area is 144 Å². The summed E-state index contributed by atoms with van der Waals surface area (Å²) in [6.07, 6.45) is 0.554. The lowest BCUT2D eigenvalue weighted by Crippen LogP contribution is -2.75. The van der Waals surface area contributed by atoms with Crippen LogP contribution in [0.3, 0.4) is 0 Å². The Morgan fingerprint density at radius 3 is 2.77 bits per heavy atom. The number of hydrogen-bond acceptors (Lipinski definition) is 3.